The molecule has 10 heteroatoms. The molecule has 1 aliphatic rings. The Morgan fingerprint density at radius 1 is 1.31 bits per heavy atom. The number of benzene rings is 1. The molecule has 1 aromatic carbocycles. The number of ether oxygens (including phenoxy) is 2. The van der Waals surface area contributed by atoms with Gasteiger partial charge in [-0.1, -0.05) is 6.07 Å². The van der Waals surface area contributed by atoms with Gasteiger partial charge in [0.05, 0.1) is 12.6 Å². The van der Waals surface area contributed by atoms with Crippen LogP contribution in [0.15, 0.2) is 29.8 Å². The normalized spacial score (nSPS) is 16.8. The molecule has 29 heavy (non-hydrogen) atoms. The number of carbonyl (C=O) groups is 1. The average Bonchev–Trinajstić information content (AvgIpc) is 3.20. The minimum Gasteiger partial charge on any atom is -0.497 e. The molecule has 4 rings (SSSR count). The maximum Gasteiger partial charge on any atom is 0.260 e. The van der Waals surface area contributed by atoms with Crippen molar-refractivity contribution in [1.29, 1.82) is 0 Å². The number of amides is 1. The number of anilines is 2. The lowest BCUT2D eigenvalue weighted by molar-refractivity contribution is -0.134. The number of nitrogens with zero attached hydrogens (tertiary/aromatic N) is 5. The highest BCUT2D eigenvalue weighted by molar-refractivity contribution is 7.16. The molecule has 1 aliphatic heterocycles. The van der Waals surface area contributed by atoms with E-state index in [0.717, 1.165) is 16.2 Å². The highest BCUT2D eigenvalue weighted by Crippen LogP contribution is 2.28. The number of piperazine rings is 1. The van der Waals surface area contributed by atoms with Crippen LogP contribution in [0.3, 0.4) is 0 Å². The van der Waals surface area contributed by atoms with Crippen LogP contribution in [0.1, 0.15) is 6.92 Å². The molecule has 1 saturated heterocycles. The summed E-state index contributed by atoms with van der Waals surface area (Å²) in [6.45, 7) is 3.81. The van der Waals surface area contributed by atoms with Crippen molar-refractivity contribution in [3.63, 3.8) is 0 Å². The molecule has 152 valence electrons. The van der Waals surface area contributed by atoms with Gasteiger partial charge in [-0.05, 0) is 19.1 Å². The maximum atomic E-state index is 12.6. The predicted molar refractivity (Wildman–Crippen MR) is 111 cm³/mol. The van der Waals surface area contributed by atoms with E-state index in [1.54, 1.807) is 24.8 Å². The van der Waals surface area contributed by atoms with E-state index in [4.69, 9.17) is 15.2 Å². The second-order valence-corrected chi connectivity index (χ2v) is 7.59. The van der Waals surface area contributed by atoms with Crippen LogP contribution >= 0.6 is 11.3 Å². The van der Waals surface area contributed by atoms with Gasteiger partial charge in [0, 0.05) is 31.7 Å². The highest BCUT2D eigenvalue weighted by Gasteiger charge is 2.29. The molecule has 1 amide bonds. The van der Waals surface area contributed by atoms with Crippen LogP contribution in [0.25, 0.3) is 10.3 Å². The van der Waals surface area contributed by atoms with Gasteiger partial charge in [-0.2, -0.15) is 4.98 Å². The van der Waals surface area contributed by atoms with E-state index >= 15 is 0 Å². The molecule has 9 nitrogen and oxygen atoms in total. The summed E-state index contributed by atoms with van der Waals surface area (Å²) in [4.78, 5) is 30.4. The third-order valence-corrected chi connectivity index (χ3v) is 5.57. The molecule has 0 radical (unpaired) electrons. The number of thiazole rings is 1. The van der Waals surface area contributed by atoms with Gasteiger partial charge in [-0.25, -0.2) is 9.97 Å². The first-order valence-corrected chi connectivity index (χ1v) is 10.1. The Morgan fingerprint density at radius 3 is 2.93 bits per heavy atom. The summed E-state index contributed by atoms with van der Waals surface area (Å²) < 4.78 is 10.8. The zero-order valence-electron chi connectivity index (χ0n) is 16.2. The molecular formula is C19H22N6O3S. The van der Waals surface area contributed by atoms with Gasteiger partial charge in [0.2, 0.25) is 5.95 Å². The molecule has 1 fully saturated rings. The van der Waals surface area contributed by atoms with Gasteiger partial charge in [-0.3, -0.25) is 4.79 Å². The molecule has 0 saturated carbocycles. The van der Waals surface area contributed by atoms with Crippen molar-refractivity contribution in [3.05, 3.63) is 29.8 Å². The van der Waals surface area contributed by atoms with Crippen LogP contribution in [0.2, 0.25) is 0 Å². The number of nitrogens with two attached hydrogens (primary N) is 1. The predicted octanol–water partition coefficient (Wildman–Crippen LogP) is 1.79. The Balaban J connectivity index is 1.40. The van der Waals surface area contributed by atoms with Crippen LogP contribution < -0.4 is 20.1 Å². The van der Waals surface area contributed by atoms with Crippen LogP contribution in [-0.4, -0.2) is 65.2 Å². The van der Waals surface area contributed by atoms with E-state index in [2.05, 4.69) is 26.8 Å². The van der Waals surface area contributed by atoms with Crippen molar-refractivity contribution in [2.45, 2.75) is 13.0 Å². The van der Waals surface area contributed by atoms with Crippen LogP contribution in [0.4, 0.5) is 11.8 Å². The first-order valence-electron chi connectivity index (χ1n) is 9.23. The Morgan fingerprint density at radius 2 is 2.14 bits per heavy atom. The Kier molecular flexibility index (Phi) is 5.34. The Hall–Kier alpha value is -3.14. The lowest BCUT2D eigenvalue weighted by atomic mass is 10.2. The molecular weight excluding hydrogens is 392 g/mol. The molecule has 3 aromatic rings. The number of rotatable bonds is 5. The lowest BCUT2D eigenvalue weighted by Crippen LogP contribution is -2.55. The van der Waals surface area contributed by atoms with Crippen molar-refractivity contribution >= 4 is 39.4 Å². The number of fused-ring (bicyclic) bond motifs is 1. The summed E-state index contributed by atoms with van der Waals surface area (Å²) in [6, 6.07) is 7.27. The Labute approximate surface area is 172 Å². The quantitative estimate of drug-likeness (QED) is 0.673. The second kappa shape index (κ2) is 8.08. The largest absolute Gasteiger partial charge is 0.497 e. The zero-order valence-corrected chi connectivity index (χ0v) is 17.1. The molecule has 2 aromatic heterocycles. The van der Waals surface area contributed by atoms with Gasteiger partial charge in [0.1, 0.15) is 17.0 Å². The van der Waals surface area contributed by atoms with Crippen LogP contribution in [0.5, 0.6) is 11.5 Å². The molecule has 2 N–H and O–H groups in total. The monoisotopic (exact) mass is 414 g/mol. The van der Waals surface area contributed by atoms with E-state index in [-0.39, 0.29) is 24.5 Å². The van der Waals surface area contributed by atoms with Gasteiger partial charge in [0.25, 0.3) is 5.91 Å². The van der Waals surface area contributed by atoms with Gasteiger partial charge in [-0.15, -0.1) is 11.3 Å². The van der Waals surface area contributed by atoms with Crippen molar-refractivity contribution in [2.75, 3.05) is 44.0 Å². The molecule has 0 spiro atoms. The van der Waals surface area contributed by atoms with Crippen molar-refractivity contribution in [3.8, 4) is 11.5 Å². The zero-order chi connectivity index (χ0) is 20.4. The number of hydrogen-bond donors (Lipinski definition) is 1. The topological polar surface area (TPSA) is 107 Å². The minimum absolute atomic E-state index is 0.0172. The fraction of sp³-hybridized carbons (Fsp3) is 0.368. The number of hydrogen-bond acceptors (Lipinski definition) is 9. The summed E-state index contributed by atoms with van der Waals surface area (Å²) in [7, 11) is 1.59. The maximum absolute atomic E-state index is 12.6. The number of nitrogen functional groups attached to an aromatic ring is 1. The molecule has 0 aliphatic carbocycles. The standard InChI is InChI=1S/C19H22N6O3S/c1-12-9-24(15(26)10-28-14-5-3-4-13(8-14)27-2)6-7-25(12)17-16-18(29-11-21-16)23-19(20)22-17/h3-5,8,11-12H,6-7,9-10H2,1-2H3,(H2,20,22,23). The smallest absolute Gasteiger partial charge is 0.260 e. The van der Waals surface area contributed by atoms with Crippen molar-refractivity contribution < 1.29 is 14.3 Å². The summed E-state index contributed by atoms with van der Waals surface area (Å²) in [5.41, 5.74) is 8.35. The summed E-state index contributed by atoms with van der Waals surface area (Å²) in [6.07, 6.45) is 0. The molecule has 3 heterocycles. The SMILES string of the molecule is COc1cccc(OCC(=O)N2CCN(c3nc(N)nc4scnc34)C(C)C2)c1. The highest BCUT2D eigenvalue weighted by atomic mass is 32.1. The van der Waals surface area contributed by atoms with E-state index in [0.29, 0.717) is 31.1 Å². The lowest BCUT2D eigenvalue weighted by Gasteiger charge is -2.40. The van der Waals surface area contributed by atoms with Crippen molar-refractivity contribution in [2.24, 2.45) is 0 Å². The minimum atomic E-state index is -0.0553. The number of carbonyl (C=O) groups excluding carboxylic acids is 1. The summed E-state index contributed by atoms with van der Waals surface area (Å²) in [5, 5.41) is 0. The Bertz CT molecular complexity index is 1030. The molecule has 1 atom stereocenters. The van der Waals surface area contributed by atoms with E-state index in [1.807, 2.05) is 17.0 Å². The summed E-state index contributed by atoms with van der Waals surface area (Å²) in [5.74, 6) is 2.19. The fourth-order valence-electron chi connectivity index (χ4n) is 3.39. The molecule has 0 bridgehead atoms. The van der Waals surface area contributed by atoms with E-state index < -0.39 is 0 Å². The fourth-order valence-corrected chi connectivity index (χ4v) is 4.05. The third-order valence-electron chi connectivity index (χ3n) is 4.85. The van der Waals surface area contributed by atoms with E-state index in [9.17, 15) is 4.79 Å². The van der Waals surface area contributed by atoms with E-state index in [1.165, 1.54) is 11.3 Å². The first-order chi connectivity index (χ1) is 14.0. The summed E-state index contributed by atoms with van der Waals surface area (Å²) >= 11 is 1.43. The third kappa shape index (κ3) is 4.02. The molecule has 1 unspecified atom stereocenters. The first kappa shape index (κ1) is 19.2. The van der Waals surface area contributed by atoms with Gasteiger partial charge in [0.15, 0.2) is 17.3 Å². The van der Waals surface area contributed by atoms with Crippen LogP contribution in [-0.2, 0) is 4.79 Å². The van der Waals surface area contributed by atoms with Crippen molar-refractivity contribution in [1.82, 2.24) is 19.9 Å². The second-order valence-electron chi connectivity index (χ2n) is 6.76. The number of aromatic nitrogens is 3. The average molecular weight is 414 g/mol. The van der Waals surface area contributed by atoms with Crippen LogP contribution in [0, 0.1) is 0 Å². The number of methoxy groups -OCH3 is 1. The van der Waals surface area contributed by atoms with Gasteiger partial charge < -0.3 is 25.0 Å². The van der Waals surface area contributed by atoms with Gasteiger partial charge >= 0.3 is 0 Å².